The highest BCUT2D eigenvalue weighted by Gasteiger charge is 2.17. The molecular weight excluding hydrogens is 311 g/mol. The number of nitrogens with zero attached hydrogens (tertiary/aromatic N) is 2. The van der Waals surface area contributed by atoms with Gasteiger partial charge >= 0.3 is 0 Å². The monoisotopic (exact) mass is 314 g/mol. The molecule has 0 unspecified atom stereocenters. The summed E-state index contributed by atoms with van der Waals surface area (Å²) in [5.74, 6) is 0. The third kappa shape index (κ3) is 2.00. The first-order chi connectivity index (χ1) is 9.08. The van der Waals surface area contributed by atoms with Crippen LogP contribution in [0.5, 0.6) is 0 Å². The van der Waals surface area contributed by atoms with E-state index >= 15 is 0 Å². The molecule has 3 rings (SSSR count). The first-order valence-electron chi connectivity index (χ1n) is 5.14. The SMILES string of the molecule is O=c1[nH]nc(-c2c(Cl)cc(Cl)cc2Cl)c2[nH]ncc12. The van der Waals surface area contributed by atoms with E-state index in [0.717, 1.165) is 0 Å². The second-order valence-corrected chi connectivity index (χ2v) is 5.06. The molecule has 0 aliphatic rings. The summed E-state index contributed by atoms with van der Waals surface area (Å²) in [6.45, 7) is 0. The summed E-state index contributed by atoms with van der Waals surface area (Å²) in [4.78, 5) is 11.6. The van der Waals surface area contributed by atoms with E-state index in [2.05, 4.69) is 20.4 Å². The molecule has 1 aromatic carbocycles. The van der Waals surface area contributed by atoms with Gasteiger partial charge in [0.25, 0.3) is 5.56 Å². The first kappa shape index (κ1) is 12.5. The standard InChI is InChI=1S/C11H5Cl3N4O/c12-4-1-6(13)8(7(14)2-4)10-9-5(3-15-16-9)11(19)18-17-10/h1-3H,(H,15,16)(H,18,19). The lowest BCUT2D eigenvalue weighted by Gasteiger charge is -2.07. The summed E-state index contributed by atoms with van der Waals surface area (Å²) in [5, 5.41) is 14.4. The topological polar surface area (TPSA) is 74.4 Å². The summed E-state index contributed by atoms with van der Waals surface area (Å²) in [6, 6.07) is 3.11. The second kappa shape index (κ2) is 4.52. The van der Waals surface area contributed by atoms with Gasteiger partial charge in [-0.3, -0.25) is 9.89 Å². The molecule has 2 aromatic heterocycles. The van der Waals surface area contributed by atoms with E-state index in [1.807, 2.05) is 0 Å². The van der Waals surface area contributed by atoms with E-state index in [1.165, 1.54) is 6.20 Å². The highest BCUT2D eigenvalue weighted by molar-refractivity contribution is 6.42. The van der Waals surface area contributed by atoms with Gasteiger partial charge in [0.2, 0.25) is 0 Å². The van der Waals surface area contributed by atoms with Crippen LogP contribution in [0.1, 0.15) is 0 Å². The lowest BCUT2D eigenvalue weighted by molar-refractivity contribution is 1.01. The molecule has 2 heterocycles. The third-order valence-corrected chi connectivity index (χ3v) is 3.45. The Hall–Kier alpha value is -1.56. The molecule has 3 aromatic rings. The van der Waals surface area contributed by atoms with E-state index in [-0.39, 0.29) is 5.56 Å². The second-order valence-electron chi connectivity index (χ2n) is 3.80. The van der Waals surface area contributed by atoms with E-state index in [9.17, 15) is 4.79 Å². The number of nitrogens with one attached hydrogen (secondary N) is 2. The Morgan fingerprint density at radius 1 is 1.05 bits per heavy atom. The zero-order valence-corrected chi connectivity index (χ0v) is 11.4. The Labute approximate surface area is 121 Å². The van der Waals surface area contributed by atoms with Gasteiger partial charge in [-0.15, -0.1) is 0 Å². The van der Waals surface area contributed by atoms with Crippen LogP contribution in [0.2, 0.25) is 15.1 Å². The van der Waals surface area contributed by atoms with Crippen LogP contribution in [0, 0.1) is 0 Å². The third-order valence-electron chi connectivity index (χ3n) is 2.63. The summed E-state index contributed by atoms with van der Waals surface area (Å²) in [7, 11) is 0. The number of benzene rings is 1. The summed E-state index contributed by atoms with van der Waals surface area (Å²) in [6.07, 6.45) is 1.41. The molecule has 0 saturated carbocycles. The summed E-state index contributed by atoms with van der Waals surface area (Å²) < 4.78 is 0. The smallest absolute Gasteiger partial charge is 0.275 e. The van der Waals surface area contributed by atoms with Crippen molar-refractivity contribution < 1.29 is 0 Å². The maximum Gasteiger partial charge on any atom is 0.275 e. The minimum absolute atomic E-state index is 0.339. The van der Waals surface area contributed by atoms with Crippen LogP contribution in [-0.4, -0.2) is 20.4 Å². The van der Waals surface area contributed by atoms with Crippen molar-refractivity contribution in [3.05, 3.63) is 43.8 Å². The van der Waals surface area contributed by atoms with E-state index in [4.69, 9.17) is 34.8 Å². The summed E-state index contributed by atoms with van der Waals surface area (Å²) >= 11 is 18.1. The molecule has 8 heteroatoms. The van der Waals surface area contributed by atoms with Gasteiger partial charge in [0, 0.05) is 10.6 Å². The van der Waals surface area contributed by atoms with Crippen LogP contribution in [0.3, 0.4) is 0 Å². The molecule has 0 aliphatic heterocycles. The maximum atomic E-state index is 11.6. The number of hydrogen-bond acceptors (Lipinski definition) is 3. The minimum Gasteiger partial charge on any atom is -0.275 e. The molecule has 0 spiro atoms. The summed E-state index contributed by atoms with van der Waals surface area (Å²) in [5.41, 5.74) is 1.03. The lowest BCUT2D eigenvalue weighted by atomic mass is 10.1. The molecule has 0 amide bonds. The molecular formula is C11H5Cl3N4O. The molecule has 5 nitrogen and oxygen atoms in total. The van der Waals surface area contributed by atoms with E-state index in [0.29, 0.717) is 37.2 Å². The normalized spacial score (nSPS) is 11.1. The van der Waals surface area contributed by atoms with Gasteiger partial charge in [-0.25, -0.2) is 5.10 Å². The highest BCUT2D eigenvalue weighted by atomic mass is 35.5. The number of halogens is 3. The minimum atomic E-state index is -0.339. The van der Waals surface area contributed by atoms with Gasteiger partial charge in [-0.2, -0.15) is 10.2 Å². The van der Waals surface area contributed by atoms with Crippen molar-refractivity contribution in [1.82, 2.24) is 20.4 Å². The Morgan fingerprint density at radius 3 is 2.42 bits per heavy atom. The van der Waals surface area contributed by atoms with Crippen LogP contribution in [0.25, 0.3) is 22.2 Å². The molecule has 0 aliphatic carbocycles. The number of fused-ring (bicyclic) bond motifs is 1. The Morgan fingerprint density at radius 2 is 1.74 bits per heavy atom. The van der Waals surface area contributed by atoms with Crippen molar-refractivity contribution >= 4 is 45.7 Å². The van der Waals surface area contributed by atoms with Crippen molar-refractivity contribution in [3.8, 4) is 11.3 Å². The Bertz CT molecular complexity index is 816. The van der Waals surface area contributed by atoms with Crippen molar-refractivity contribution in [2.45, 2.75) is 0 Å². The fraction of sp³-hybridized carbons (Fsp3) is 0. The van der Waals surface area contributed by atoms with Crippen molar-refractivity contribution in [2.75, 3.05) is 0 Å². The molecule has 0 bridgehead atoms. The highest BCUT2D eigenvalue weighted by Crippen LogP contribution is 2.37. The van der Waals surface area contributed by atoms with Crippen LogP contribution in [0.15, 0.2) is 23.1 Å². The molecule has 0 fully saturated rings. The Kier molecular flexibility index (Phi) is 2.97. The number of hydrogen-bond donors (Lipinski definition) is 2. The fourth-order valence-corrected chi connectivity index (χ4v) is 2.81. The molecule has 96 valence electrons. The number of H-pyrrole nitrogens is 2. The number of rotatable bonds is 1. The fourth-order valence-electron chi connectivity index (χ4n) is 1.81. The van der Waals surface area contributed by atoms with Gasteiger partial charge in [0.05, 0.1) is 27.1 Å². The van der Waals surface area contributed by atoms with E-state index < -0.39 is 0 Å². The molecule has 19 heavy (non-hydrogen) atoms. The first-order valence-corrected chi connectivity index (χ1v) is 6.28. The number of aromatic amines is 2. The zero-order valence-electron chi connectivity index (χ0n) is 9.17. The molecule has 0 atom stereocenters. The average Bonchev–Trinajstić information content (AvgIpc) is 2.80. The number of aromatic nitrogens is 4. The molecule has 2 N–H and O–H groups in total. The van der Waals surface area contributed by atoms with E-state index in [1.54, 1.807) is 12.1 Å². The van der Waals surface area contributed by atoms with Gasteiger partial charge in [-0.1, -0.05) is 34.8 Å². The van der Waals surface area contributed by atoms with Crippen molar-refractivity contribution in [2.24, 2.45) is 0 Å². The Balaban J connectivity index is 2.40. The van der Waals surface area contributed by atoms with Gasteiger partial charge in [-0.05, 0) is 12.1 Å². The van der Waals surface area contributed by atoms with Gasteiger partial charge in [0.15, 0.2) is 0 Å². The predicted molar refractivity (Wildman–Crippen MR) is 75.0 cm³/mol. The maximum absolute atomic E-state index is 11.6. The van der Waals surface area contributed by atoms with Crippen LogP contribution < -0.4 is 5.56 Å². The van der Waals surface area contributed by atoms with Crippen LogP contribution >= 0.6 is 34.8 Å². The molecule has 0 saturated heterocycles. The quantitative estimate of drug-likeness (QED) is 0.723. The van der Waals surface area contributed by atoms with Crippen LogP contribution in [0.4, 0.5) is 0 Å². The largest absolute Gasteiger partial charge is 0.275 e. The van der Waals surface area contributed by atoms with Gasteiger partial charge in [0.1, 0.15) is 5.69 Å². The van der Waals surface area contributed by atoms with Crippen molar-refractivity contribution in [3.63, 3.8) is 0 Å². The van der Waals surface area contributed by atoms with Gasteiger partial charge < -0.3 is 0 Å². The zero-order chi connectivity index (χ0) is 13.6. The molecule has 0 radical (unpaired) electrons. The predicted octanol–water partition coefficient (Wildman–Crippen LogP) is 3.27. The lowest BCUT2D eigenvalue weighted by Crippen LogP contribution is -2.08. The van der Waals surface area contributed by atoms with Crippen LogP contribution in [-0.2, 0) is 0 Å². The average molecular weight is 316 g/mol. The van der Waals surface area contributed by atoms with Crippen molar-refractivity contribution in [1.29, 1.82) is 0 Å².